The Labute approximate surface area is 161 Å². The van der Waals surface area contributed by atoms with Crippen LogP contribution < -0.4 is 9.64 Å². The number of carbonyl (C=O) groups excluding carboxylic acids is 3. The lowest BCUT2D eigenvalue weighted by atomic mass is 10.1. The average Bonchev–Trinajstić information content (AvgIpc) is 3.15. The highest BCUT2D eigenvalue weighted by Gasteiger charge is 2.26. The first-order chi connectivity index (χ1) is 13.0. The number of hydrogen-bond donors (Lipinski definition) is 0. The molecular weight excluding hydrogens is 370 g/mol. The molecule has 0 aliphatic carbocycles. The molecule has 2 aromatic rings. The van der Waals surface area contributed by atoms with E-state index in [2.05, 4.69) is 0 Å². The molecule has 0 saturated carbocycles. The van der Waals surface area contributed by atoms with Crippen LogP contribution in [0.25, 0.3) is 0 Å². The Kier molecular flexibility index (Phi) is 7.36. The van der Waals surface area contributed by atoms with Gasteiger partial charge in [-0.25, -0.2) is 4.79 Å². The summed E-state index contributed by atoms with van der Waals surface area (Å²) in [6, 6.07) is 8.83. The average molecular weight is 391 g/mol. The first kappa shape index (κ1) is 20.4. The van der Waals surface area contributed by atoms with E-state index >= 15 is 0 Å². The highest BCUT2D eigenvalue weighted by molar-refractivity contribution is 7.12. The topological polar surface area (TPSA) is 82.1 Å². The van der Waals surface area contributed by atoms with Crippen LogP contribution in [0.5, 0.6) is 5.75 Å². The van der Waals surface area contributed by atoms with Crippen LogP contribution in [0.3, 0.4) is 0 Å². The molecule has 2 rings (SSSR count). The van der Waals surface area contributed by atoms with Crippen LogP contribution in [-0.2, 0) is 25.6 Å². The molecule has 0 aliphatic heterocycles. The molecule has 0 spiro atoms. The van der Waals surface area contributed by atoms with Gasteiger partial charge < -0.3 is 19.1 Å². The van der Waals surface area contributed by atoms with Crippen LogP contribution in [-0.4, -0.2) is 38.7 Å². The van der Waals surface area contributed by atoms with Crippen LogP contribution in [0.15, 0.2) is 35.7 Å². The summed E-state index contributed by atoms with van der Waals surface area (Å²) in [4.78, 5) is 38.2. The Balaban J connectivity index is 2.33. The first-order valence-corrected chi connectivity index (χ1v) is 9.12. The zero-order chi connectivity index (χ0) is 19.8. The number of esters is 2. The number of anilines is 1. The van der Waals surface area contributed by atoms with Gasteiger partial charge in [0.05, 0.1) is 33.1 Å². The number of methoxy groups -OCH3 is 2. The van der Waals surface area contributed by atoms with Crippen LogP contribution in [0, 0.1) is 0 Å². The molecule has 0 atom stereocenters. The fourth-order valence-electron chi connectivity index (χ4n) is 2.41. The van der Waals surface area contributed by atoms with Gasteiger partial charge in [-0.15, -0.1) is 11.3 Å². The van der Waals surface area contributed by atoms with Gasteiger partial charge >= 0.3 is 11.9 Å². The lowest BCUT2D eigenvalue weighted by molar-refractivity contribution is -0.145. The van der Waals surface area contributed by atoms with Crippen LogP contribution in [0.2, 0.25) is 0 Å². The molecule has 1 amide bonds. The standard InChI is InChI=1S/C19H21NO6S/c1-4-26-17(22)11-16(21)20(12-13-5-7-14(24-2)8-6-13)15-9-10-27-18(15)19(23)25-3/h5-10H,4,11-12H2,1-3H3. The molecule has 8 heteroatoms. The number of hydrogen-bond acceptors (Lipinski definition) is 7. The molecule has 1 heterocycles. The molecule has 1 aromatic heterocycles. The molecule has 144 valence electrons. The number of amides is 1. The molecule has 0 saturated heterocycles. The molecule has 1 aromatic carbocycles. The Hall–Kier alpha value is -2.87. The Bertz CT molecular complexity index is 799. The maximum atomic E-state index is 12.8. The second-order valence-corrected chi connectivity index (χ2v) is 6.35. The molecule has 7 nitrogen and oxygen atoms in total. The van der Waals surface area contributed by atoms with E-state index in [1.165, 1.54) is 23.3 Å². The van der Waals surface area contributed by atoms with E-state index in [9.17, 15) is 14.4 Å². The first-order valence-electron chi connectivity index (χ1n) is 8.24. The molecule has 27 heavy (non-hydrogen) atoms. The fraction of sp³-hybridized carbons (Fsp3) is 0.316. The summed E-state index contributed by atoms with van der Waals surface area (Å²) in [5.74, 6) is -0.928. The zero-order valence-corrected chi connectivity index (χ0v) is 16.2. The van der Waals surface area contributed by atoms with Crippen molar-refractivity contribution in [3.05, 3.63) is 46.2 Å². The van der Waals surface area contributed by atoms with Crippen LogP contribution >= 0.6 is 11.3 Å². The number of benzene rings is 1. The summed E-state index contributed by atoms with van der Waals surface area (Å²) >= 11 is 1.17. The van der Waals surface area contributed by atoms with Crippen molar-refractivity contribution in [2.24, 2.45) is 0 Å². The van der Waals surface area contributed by atoms with Gasteiger partial charge in [0.2, 0.25) is 5.91 Å². The lowest BCUT2D eigenvalue weighted by Crippen LogP contribution is -2.33. The molecule has 0 unspecified atom stereocenters. The third-order valence-corrected chi connectivity index (χ3v) is 4.59. The molecule has 0 radical (unpaired) electrons. The highest BCUT2D eigenvalue weighted by atomic mass is 32.1. The number of ether oxygens (including phenoxy) is 3. The monoisotopic (exact) mass is 391 g/mol. The van der Waals surface area contributed by atoms with Crippen molar-refractivity contribution in [3.63, 3.8) is 0 Å². The van der Waals surface area contributed by atoms with E-state index in [4.69, 9.17) is 14.2 Å². The van der Waals surface area contributed by atoms with Crippen molar-refractivity contribution in [3.8, 4) is 5.75 Å². The number of thiophene rings is 1. The minimum Gasteiger partial charge on any atom is -0.497 e. The number of nitrogens with zero attached hydrogens (tertiary/aromatic N) is 1. The second kappa shape index (κ2) is 9.72. The number of rotatable bonds is 8. The summed E-state index contributed by atoms with van der Waals surface area (Å²) in [5.41, 5.74) is 1.21. The van der Waals surface area contributed by atoms with Gasteiger partial charge in [-0.2, -0.15) is 0 Å². The van der Waals surface area contributed by atoms with E-state index in [0.29, 0.717) is 16.3 Å². The van der Waals surface area contributed by atoms with E-state index in [1.807, 2.05) is 12.1 Å². The third-order valence-electron chi connectivity index (χ3n) is 3.71. The summed E-state index contributed by atoms with van der Waals surface area (Å²) in [5, 5.41) is 1.69. The van der Waals surface area contributed by atoms with Gasteiger partial charge in [0.25, 0.3) is 0 Å². The minimum atomic E-state index is -0.614. The SMILES string of the molecule is CCOC(=O)CC(=O)N(Cc1ccc(OC)cc1)c1ccsc1C(=O)OC. The summed E-state index contributed by atoms with van der Waals surface area (Å²) in [6.07, 6.45) is -0.416. The highest BCUT2D eigenvalue weighted by Crippen LogP contribution is 2.29. The second-order valence-electron chi connectivity index (χ2n) is 5.44. The number of carbonyl (C=O) groups is 3. The zero-order valence-electron chi connectivity index (χ0n) is 15.4. The van der Waals surface area contributed by atoms with E-state index in [-0.39, 0.29) is 13.2 Å². The van der Waals surface area contributed by atoms with Gasteiger partial charge in [0.1, 0.15) is 17.0 Å². The smallest absolute Gasteiger partial charge is 0.350 e. The van der Waals surface area contributed by atoms with Gasteiger partial charge in [-0.1, -0.05) is 12.1 Å². The normalized spacial score (nSPS) is 10.2. The van der Waals surface area contributed by atoms with Gasteiger partial charge in [-0.3, -0.25) is 9.59 Å². The quantitative estimate of drug-likeness (QED) is 0.508. The molecule has 0 N–H and O–H groups in total. The van der Waals surface area contributed by atoms with Crippen LogP contribution in [0.1, 0.15) is 28.6 Å². The largest absolute Gasteiger partial charge is 0.497 e. The Morgan fingerprint density at radius 3 is 2.37 bits per heavy atom. The minimum absolute atomic E-state index is 0.183. The van der Waals surface area contributed by atoms with Crippen molar-refractivity contribution < 1.29 is 28.6 Å². The fourth-order valence-corrected chi connectivity index (χ4v) is 3.22. The summed E-state index contributed by atoms with van der Waals surface area (Å²) < 4.78 is 14.8. The molecule has 0 bridgehead atoms. The summed E-state index contributed by atoms with van der Waals surface area (Å²) in [7, 11) is 2.85. The molecule has 0 fully saturated rings. The van der Waals surface area contributed by atoms with Gasteiger partial charge in [-0.05, 0) is 36.1 Å². The van der Waals surface area contributed by atoms with Crippen molar-refractivity contribution in [1.29, 1.82) is 0 Å². The maximum absolute atomic E-state index is 12.8. The molecular formula is C19H21NO6S. The summed E-state index contributed by atoms with van der Waals surface area (Å²) in [6.45, 7) is 2.05. The maximum Gasteiger partial charge on any atom is 0.350 e. The van der Waals surface area contributed by atoms with Crippen LogP contribution in [0.4, 0.5) is 5.69 Å². The van der Waals surface area contributed by atoms with Crippen molar-refractivity contribution >= 4 is 34.9 Å². The third kappa shape index (κ3) is 5.30. The Morgan fingerprint density at radius 1 is 1.07 bits per heavy atom. The predicted octanol–water partition coefficient (Wildman–Crippen LogP) is 3.03. The van der Waals surface area contributed by atoms with Crippen molar-refractivity contribution in [1.82, 2.24) is 0 Å². The van der Waals surface area contributed by atoms with Gasteiger partial charge in [0.15, 0.2) is 0 Å². The van der Waals surface area contributed by atoms with E-state index in [1.54, 1.807) is 37.6 Å². The lowest BCUT2D eigenvalue weighted by Gasteiger charge is -2.23. The van der Waals surface area contributed by atoms with E-state index in [0.717, 1.165) is 5.56 Å². The van der Waals surface area contributed by atoms with E-state index < -0.39 is 24.3 Å². The van der Waals surface area contributed by atoms with Gasteiger partial charge in [0, 0.05) is 0 Å². The Morgan fingerprint density at radius 2 is 1.78 bits per heavy atom. The molecule has 0 aliphatic rings. The predicted molar refractivity (Wildman–Crippen MR) is 101 cm³/mol. The van der Waals surface area contributed by atoms with Crippen molar-refractivity contribution in [2.75, 3.05) is 25.7 Å². The van der Waals surface area contributed by atoms with Crippen molar-refractivity contribution in [2.45, 2.75) is 19.9 Å².